The molecule has 44 heavy (non-hydrogen) atoms. The second-order valence-corrected chi connectivity index (χ2v) is 13.0. The molecule has 0 aliphatic carbocycles. The first kappa shape index (κ1) is 33.4. The number of H-pyrrole nitrogens is 1. The Morgan fingerprint density at radius 3 is 2.27 bits per heavy atom. The van der Waals surface area contributed by atoms with Gasteiger partial charge in [-0.15, -0.1) is 0 Å². The SMILES string of the molecule is COc1c(Cl)cc([C@@H](NC(=O)[C@@H](Cc2cc3ccc(I)cc3[nH]2)NC(=O)OCc2ccccc2)C(=O)OC(C)(C)C)cc1Cl. The van der Waals surface area contributed by atoms with Crippen molar-refractivity contribution in [3.05, 3.63) is 97.2 Å². The molecule has 232 valence electrons. The van der Waals surface area contributed by atoms with E-state index in [1.54, 1.807) is 20.8 Å². The van der Waals surface area contributed by atoms with E-state index in [0.717, 1.165) is 20.0 Å². The molecule has 3 N–H and O–H groups in total. The molecule has 0 bridgehead atoms. The highest BCUT2D eigenvalue weighted by Gasteiger charge is 2.33. The molecule has 0 aliphatic rings. The quantitative estimate of drug-likeness (QED) is 0.117. The molecule has 0 saturated carbocycles. The first-order valence-electron chi connectivity index (χ1n) is 13.6. The summed E-state index contributed by atoms with van der Waals surface area (Å²) in [6, 6.07) is 17.5. The number of hydrogen-bond donors (Lipinski definition) is 3. The van der Waals surface area contributed by atoms with Crippen LogP contribution in [0, 0.1) is 3.57 Å². The number of alkyl carbamates (subject to hydrolysis) is 1. The molecule has 2 amide bonds. The Bertz CT molecular complexity index is 1630. The molecule has 0 aliphatic heterocycles. The van der Waals surface area contributed by atoms with Crippen molar-refractivity contribution in [2.45, 2.75) is 51.5 Å². The molecule has 1 heterocycles. The number of aromatic amines is 1. The summed E-state index contributed by atoms with van der Waals surface area (Å²) in [6.45, 7) is 5.14. The number of carbonyl (C=O) groups excluding carboxylic acids is 3. The van der Waals surface area contributed by atoms with Gasteiger partial charge in [0.05, 0.1) is 17.2 Å². The van der Waals surface area contributed by atoms with Crippen LogP contribution in [0.15, 0.2) is 66.7 Å². The van der Waals surface area contributed by atoms with E-state index >= 15 is 0 Å². The van der Waals surface area contributed by atoms with Gasteiger partial charge in [-0.25, -0.2) is 9.59 Å². The Morgan fingerprint density at radius 2 is 1.64 bits per heavy atom. The van der Waals surface area contributed by atoms with E-state index in [4.69, 9.17) is 37.4 Å². The summed E-state index contributed by atoms with van der Waals surface area (Å²) >= 11 is 15.0. The van der Waals surface area contributed by atoms with E-state index in [2.05, 4.69) is 38.2 Å². The maximum Gasteiger partial charge on any atom is 0.408 e. The Morgan fingerprint density at radius 1 is 0.955 bits per heavy atom. The minimum Gasteiger partial charge on any atom is -0.494 e. The predicted molar refractivity (Wildman–Crippen MR) is 178 cm³/mol. The Balaban J connectivity index is 1.63. The highest BCUT2D eigenvalue weighted by atomic mass is 127. The van der Waals surface area contributed by atoms with Gasteiger partial charge in [-0.3, -0.25) is 4.79 Å². The topological polar surface area (TPSA) is 119 Å². The highest BCUT2D eigenvalue weighted by Crippen LogP contribution is 2.36. The number of hydrogen-bond acceptors (Lipinski definition) is 6. The van der Waals surface area contributed by atoms with E-state index in [-0.39, 0.29) is 34.4 Å². The van der Waals surface area contributed by atoms with Crippen LogP contribution >= 0.6 is 45.8 Å². The molecular weight excluding hydrogens is 720 g/mol. The standard InChI is InChI=1S/C32H32Cl2IN3O6/c1-32(2,3)44-30(40)27(20-13-23(33)28(42-4)24(34)14-20)38-29(39)26(37-31(41)43-17-18-8-6-5-7-9-18)16-22-12-19-10-11-21(35)15-25(19)36-22/h5-15,26-27,36H,16-17H2,1-4H3,(H,37,41)(H,38,39)/t26-,27-/m1/s1. The van der Waals surface area contributed by atoms with Crippen LogP contribution in [0.3, 0.4) is 0 Å². The average molecular weight is 752 g/mol. The van der Waals surface area contributed by atoms with E-state index < -0.39 is 35.7 Å². The predicted octanol–water partition coefficient (Wildman–Crippen LogP) is 7.12. The van der Waals surface area contributed by atoms with Gasteiger partial charge in [0.15, 0.2) is 11.8 Å². The summed E-state index contributed by atoms with van der Waals surface area (Å²) in [5.41, 5.74) is 1.77. The summed E-state index contributed by atoms with van der Waals surface area (Å²) in [5, 5.41) is 6.62. The van der Waals surface area contributed by atoms with E-state index in [1.165, 1.54) is 19.2 Å². The molecule has 3 aromatic carbocycles. The third-order valence-corrected chi connectivity index (χ3v) is 7.61. The summed E-state index contributed by atoms with van der Waals surface area (Å²) in [4.78, 5) is 43.5. The third-order valence-electron chi connectivity index (χ3n) is 6.37. The average Bonchev–Trinajstić information content (AvgIpc) is 3.35. The molecule has 9 nitrogen and oxygen atoms in total. The van der Waals surface area contributed by atoms with Crippen molar-refractivity contribution in [2.75, 3.05) is 7.11 Å². The van der Waals surface area contributed by atoms with Crippen molar-refractivity contribution < 1.29 is 28.6 Å². The molecule has 12 heteroatoms. The van der Waals surface area contributed by atoms with Crippen LogP contribution in [0.1, 0.15) is 43.6 Å². The second-order valence-electron chi connectivity index (χ2n) is 11.0. The van der Waals surface area contributed by atoms with Crippen LogP contribution in [0.25, 0.3) is 10.9 Å². The lowest BCUT2D eigenvalue weighted by atomic mass is 10.0. The van der Waals surface area contributed by atoms with Gasteiger partial charge in [-0.2, -0.15) is 0 Å². The Hall–Kier alpha value is -3.48. The number of fused-ring (bicyclic) bond motifs is 1. The molecule has 0 spiro atoms. The number of rotatable bonds is 10. The third kappa shape index (κ3) is 9.02. The van der Waals surface area contributed by atoms with Gasteiger partial charge in [-0.05, 0) is 90.2 Å². The number of esters is 1. The first-order valence-corrected chi connectivity index (χ1v) is 15.5. The van der Waals surface area contributed by atoms with Crippen molar-refractivity contribution in [1.82, 2.24) is 15.6 Å². The van der Waals surface area contributed by atoms with Crippen molar-refractivity contribution >= 4 is 74.7 Å². The molecule has 0 unspecified atom stereocenters. The maximum atomic E-state index is 13.9. The Kier molecular flexibility index (Phi) is 11.0. The number of amides is 2. The van der Waals surface area contributed by atoms with Crippen LogP contribution in [0.4, 0.5) is 4.79 Å². The van der Waals surface area contributed by atoms with Crippen molar-refractivity contribution in [3.63, 3.8) is 0 Å². The highest BCUT2D eigenvalue weighted by molar-refractivity contribution is 14.1. The van der Waals surface area contributed by atoms with Crippen LogP contribution < -0.4 is 15.4 Å². The second kappa shape index (κ2) is 14.5. The van der Waals surface area contributed by atoms with Crippen LogP contribution in [0.5, 0.6) is 5.75 Å². The number of halogens is 3. The minimum atomic E-state index is -1.31. The summed E-state index contributed by atoms with van der Waals surface area (Å²) < 4.78 is 17.3. The molecule has 0 fully saturated rings. The maximum absolute atomic E-state index is 13.9. The van der Waals surface area contributed by atoms with Crippen LogP contribution in [0.2, 0.25) is 10.0 Å². The van der Waals surface area contributed by atoms with Crippen LogP contribution in [-0.4, -0.2) is 41.7 Å². The zero-order valence-corrected chi connectivity index (χ0v) is 28.2. The van der Waals surface area contributed by atoms with Gasteiger partial charge in [0.2, 0.25) is 5.91 Å². The van der Waals surface area contributed by atoms with Crippen LogP contribution in [-0.2, 0) is 32.1 Å². The smallest absolute Gasteiger partial charge is 0.408 e. The van der Waals surface area contributed by atoms with E-state index in [9.17, 15) is 14.4 Å². The largest absolute Gasteiger partial charge is 0.494 e. The number of methoxy groups -OCH3 is 1. The number of benzene rings is 3. The lowest BCUT2D eigenvalue weighted by Gasteiger charge is -2.27. The van der Waals surface area contributed by atoms with Gasteiger partial charge < -0.3 is 29.8 Å². The number of aromatic nitrogens is 1. The fourth-order valence-electron chi connectivity index (χ4n) is 4.43. The normalized spacial score (nSPS) is 12.7. The first-order chi connectivity index (χ1) is 20.8. The van der Waals surface area contributed by atoms with Gasteiger partial charge in [0.1, 0.15) is 18.2 Å². The van der Waals surface area contributed by atoms with E-state index in [1.807, 2.05) is 54.6 Å². The summed E-state index contributed by atoms with van der Waals surface area (Å²) in [6.07, 6.45) is -0.730. The van der Waals surface area contributed by atoms with Crippen molar-refractivity contribution in [3.8, 4) is 5.75 Å². The van der Waals surface area contributed by atoms with E-state index in [0.29, 0.717) is 5.69 Å². The minimum absolute atomic E-state index is 0.00914. The Labute approximate surface area is 279 Å². The van der Waals surface area contributed by atoms with Gasteiger partial charge in [0, 0.05) is 21.2 Å². The molecule has 1 aromatic heterocycles. The van der Waals surface area contributed by atoms with Gasteiger partial charge in [0.25, 0.3) is 0 Å². The number of nitrogens with one attached hydrogen (secondary N) is 3. The van der Waals surface area contributed by atoms with Crippen molar-refractivity contribution in [2.24, 2.45) is 0 Å². The lowest BCUT2D eigenvalue weighted by Crippen LogP contribution is -2.50. The molecular formula is C32H32Cl2IN3O6. The summed E-state index contributed by atoms with van der Waals surface area (Å²) in [5.74, 6) is -1.18. The summed E-state index contributed by atoms with van der Waals surface area (Å²) in [7, 11) is 1.41. The molecule has 4 aromatic rings. The molecule has 0 saturated heterocycles. The van der Waals surface area contributed by atoms with Gasteiger partial charge in [-0.1, -0.05) is 59.6 Å². The number of carbonyl (C=O) groups is 3. The zero-order valence-electron chi connectivity index (χ0n) is 24.5. The molecule has 4 rings (SSSR count). The fourth-order valence-corrected chi connectivity index (χ4v) is 5.58. The van der Waals surface area contributed by atoms with Gasteiger partial charge >= 0.3 is 12.1 Å². The molecule has 2 atom stereocenters. The molecule has 0 radical (unpaired) electrons. The fraction of sp³-hybridized carbons (Fsp3) is 0.281. The number of ether oxygens (including phenoxy) is 3. The lowest BCUT2D eigenvalue weighted by molar-refractivity contribution is -0.159. The van der Waals surface area contributed by atoms with Crippen molar-refractivity contribution in [1.29, 1.82) is 0 Å². The zero-order chi connectivity index (χ0) is 32.0. The monoisotopic (exact) mass is 751 g/mol.